The van der Waals surface area contributed by atoms with Gasteiger partial charge < -0.3 is 9.84 Å². The molecule has 1 aromatic rings. The number of hydrogen-bond donors (Lipinski definition) is 1. The van der Waals surface area contributed by atoms with Gasteiger partial charge in [0, 0.05) is 16.1 Å². The number of aliphatic hydroxyl groups is 1. The van der Waals surface area contributed by atoms with E-state index in [4.69, 9.17) is 4.74 Å². The second-order valence-electron chi connectivity index (χ2n) is 4.27. The molecule has 0 amide bonds. The van der Waals surface area contributed by atoms with Gasteiger partial charge in [-0.15, -0.1) is 0 Å². The number of aryl methyl sites for hydroxylation is 1. The lowest BCUT2D eigenvalue weighted by Crippen LogP contribution is -2.05. The number of fused-ring (bicyclic) bond motifs is 1. The van der Waals surface area contributed by atoms with Gasteiger partial charge in [0.15, 0.2) is 0 Å². The zero-order valence-corrected chi connectivity index (χ0v) is 11.4. The lowest BCUT2D eigenvalue weighted by molar-refractivity contribution is 0.415. The molecule has 18 heavy (non-hydrogen) atoms. The molecule has 0 saturated carbocycles. The number of benzene rings is 1. The maximum atomic E-state index is 10.1. The minimum atomic E-state index is 0.230. The molecule has 0 saturated heterocycles. The summed E-state index contributed by atoms with van der Waals surface area (Å²) >= 11 is 3.45. The molecule has 1 aliphatic carbocycles. The summed E-state index contributed by atoms with van der Waals surface area (Å²) in [6.07, 6.45) is 9.45. The van der Waals surface area contributed by atoms with Crippen molar-refractivity contribution in [1.82, 2.24) is 0 Å². The molecule has 2 aliphatic rings. The second kappa shape index (κ2) is 4.18. The predicted octanol–water partition coefficient (Wildman–Crippen LogP) is 4.43. The molecule has 3 heteroatoms. The smallest absolute Gasteiger partial charge is 0.138 e. The van der Waals surface area contributed by atoms with E-state index in [9.17, 15) is 5.11 Å². The summed E-state index contributed by atoms with van der Waals surface area (Å²) in [6.45, 7) is 1.99. The Morgan fingerprint density at radius 2 is 1.89 bits per heavy atom. The number of rotatable bonds is 0. The van der Waals surface area contributed by atoms with E-state index < -0.39 is 0 Å². The Kier molecular flexibility index (Phi) is 2.63. The molecule has 0 radical (unpaired) electrons. The van der Waals surface area contributed by atoms with Crippen LogP contribution in [0, 0.1) is 6.92 Å². The number of ether oxygens (including phenoxy) is 1. The highest BCUT2D eigenvalue weighted by atomic mass is 79.9. The van der Waals surface area contributed by atoms with Crippen LogP contribution in [0.1, 0.15) is 11.1 Å². The molecule has 0 atom stereocenters. The second-order valence-corrected chi connectivity index (χ2v) is 5.12. The highest BCUT2D eigenvalue weighted by Gasteiger charge is 2.19. The lowest BCUT2D eigenvalue weighted by Gasteiger charge is -2.19. The van der Waals surface area contributed by atoms with Crippen LogP contribution < -0.4 is 4.74 Å². The van der Waals surface area contributed by atoms with E-state index in [-0.39, 0.29) is 5.76 Å². The van der Waals surface area contributed by atoms with Crippen LogP contribution in [0.5, 0.6) is 5.75 Å². The first kappa shape index (κ1) is 11.4. The van der Waals surface area contributed by atoms with Crippen LogP contribution in [0.15, 0.2) is 58.3 Å². The van der Waals surface area contributed by atoms with Crippen molar-refractivity contribution in [2.75, 3.05) is 0 Å². The van der Waals surface area contributed by atoms with Gasteiger partial charge in [0.25, 0.3) is 0 Å². The van der Waals surface area contributed by atoms with Crippen molar-refractivity contribution in [2.24, 2.45) is 0 Å². The zero-order chi connectivity index (χ0) is 12.7. The van der Waals surface area contributed by atoms with Gasteiger partial charge in [-0.25, -0.2) is 0 Å². The quantitative estimate of drug-likeness (QED) is 0.768. The molecule has 0 unspecified atom stereocenters. The van der Waals surface area contributed by atoms with Gasteiger partial charge >= 0.3 is 0 Å². The number of hydrogen-bond acceptors (Lipinski definition) is 2. The molecule has 1 aromatic carbocycles. The Morgan fingerprint density at radius 3 is 2.61 bits per heavy atom. The standard InChI is InChI=1S/C15H11BrO2/c1-9-6-15-11(7-12(9)16)13(17)8-14(18-15)10-4-2-3-5-10/h2-8,17H,1H3. The van der Waals surface area contributed by atoms with Crippen molar-refractivity contribution in [3.05, 3.63) is 69.4 Å². The minimum Gasteiger partial charge on any atom is -0.507 e. The van der Waals surface area contributed by atoms with Gasteiger partial charge in [0.2, 0.25) is 0 Å². The van der Waals surface area contributed by atoms with Gasteiger partial charge in [0.05, 0.1) is 5.56 Å². The van der Waals surface area contributed by atoms with Crippen LogP contribution in [-0.2, 0) is 0 Å². The highest BCUT2D eigenvalue weighted by molar-refractivity contribution is 9.10. The van der Waals surface area contributed by atoms with Crippen LogP contribution in [0.4, 0.5) is 0 Å². The molecule has 1 N–H and O–H groups in total. The summed E-state index contributed by atoms with van der Waals surface area (Å²) in [4.78, 5) is 0. The largest absolute Gasteiger partial charge is 0.507 e. The molecule has 2 nitrogen and oxygen atoms in total. The molecule has 90 valence electrons. The van der Waals surface area contributed by atoms with E-state index in [1.54, 1.807) is 6.08 Å². The molecular weight excluding hydrogens is 292 g/mol. The fourth-order valence-corrected chi connectivity index (χ4v) is 2.31. The maximum Gasteiger partial charge on any atom is 0.138 e. The number of allylic oxidation sites excluding steroid dienone is 6. The van der Waals surface area contributed by atoms with E-state index >= 15 is 0 Å². The fourth-order valence-electron chi connectivity index (χ4n) is 1.97. The number of halogens is 1. The predicted molar refractivity (Wildman–Crippen MR) is 75.4 cm³/mol. The summed E-state index contributed by atoms with van der Waals surface area (Å²) in [5.41, 5.74) is 2.75. The monoisotopic (exact) mass is 302 g/mol. The Labute approximate surface area is 114 Å². The van der Waals surface area contributed by atoms with E-state index in [0.717, 1.165) is 15.6 Å². The Hall–Kier alpha value is -1.74. The first-order valence-electron chi connectivity index (χ1n) is 5.63. The van der Waals surface area contributed by atoms with Crippen molar-refractivity contribution in [3.8, 4) is 5.75 Å². The molecular formula is C15H11BrO2. The molecule has 1 aliphatic heterocycles. The van der Waals surface area contributed by atoms with Gasteiger partial charge in [-0.3, -0.25) is 0 Å². The number of aliphatic hydroxyl groups excluding tert-OH is 1. The normalized spacial score (nSPS) is 16.7. The molecule has 0 spiro atoms. The van der Waals surface area contributed by atoms with Crippen LogP contribution in [0.2, 0.25) is 0 Å². The molecule has 0 bridgehead atoms. The van der Waals surface area contributed by atoms with Crippen molar-refractivity contribution >= 4 is 21.7 Å². The van der Waals surface area contributed by atoms with E-state index in [0.29, 0.717) is 17.1 Å². The minimum absolute atomic E-state index is 0.230. The zero-order valence-electron chi connectivity index (χ0n) is 9.77. The van der Waals surface area contributed by atoms with Gasteiger partial charge in [0.1, 0.15) is 17.3 Å². The summed E-state index contributed by atoms with van der Waals surface area (Å²) < 4.78 is 6.80. The topological polar surface area (TPSA) is 29.5 Å². The van der Waals surface area contributed by atoms with Gasteiger partial charge in [-0.1, -0.05) is 40.2 Å². The van der Waals surface area contributed by atoms with E-state index in [1.807, 2.05) is 43.4 Å². The average Bonchev–Trinajstić information content (AvgIpc) is 2.85. The van der Waals surface area contributed by atoms with Crippen molar-refractivity contribution < 1.29 is 9.84 Å². The SMILES string of the molecule is Cc1cc2c(cc1Br)C(O)=CC(=C1C=CC=C1)O2. The highest BCUT2D eigenvalue weighted by Crippen LogP contribution is 2.37. The maximum absolute atomic E-state index is 10.1. The molecule has 0 aromatic heterocycles. The van der Waals surface area contributed by atoms with Crippen LogP contribution >= 0.6 is 15.9 Å². The summed E-state index contributed by atoms with van der Waals surface area (Å²) in [6, 6.07) is 3.80. The first-order valence-corrected chi connectivity index (χ1v) is 6.42. The van der Waals surface area contributed by atoms with Crippen LogP contribution in [0.25, 0.3) is 5.76 Å². The Balaban J connectivity index is 2.15. The third-order valence-corrected chi connectivity index (χ3v) is 3.83. The molecule has 3 rings (SSSR count). The lowest BCUT2D eigenvalue weighted by atomic mass is 10.1. The third-order valence-electron chi connectivity index (χ3n) is 2.97. The summed E-state index contributed by atoms with van der Waals surface area (Å²) in [5.74, 6) is 1.59. The van der Waals surface area contributed by atoms with Crippen LogP contribution in [0.3, 0.4) is 0 Å². The van der Waals surface area contributed by atoms with Crippen LogP contribution in [-0.4, -0.2) is 5.11 Å². The van der Waals surface area contributed by atoms with Crippen molar-refractivity contribution in [1.29, 1.82) is 0 Å². The first-order chi connectivity index (χ1) is 8.65. The Bertz CT molecular complexity index is 635. The van der Waals surface area contributed by atoms with E-state index in [1.165, 1.54) is 0 Å². The average molecular weight is 303 g/mol. The van der Waals surface area contributed by atoms with E-state index in [2.05, 4.69) is 15.9 Å². The van der Waals surface area contributed by atoms with Gasteiger partial charge in [-0.2, -0.15) is 0 Å². The summed E-state index contributed by atoms with van der Waals surface area (Å²) in [7, 11) is 0. The Morgan fingerprint density at radius 1 is 1.17 bits per heavy atom. The summed E-state index contributed by atoms with van der Waals surface area (Å²) in [5, 5.41) is 10.1. The molecule has 0 fully saturated rings. The fraction of sp³-hybridized carbons (Fsp3) is 0.0667. The van der Waals surface area contributed by atoms with Gasteiger partial charge in [-0.05, 0) is 24.6 Å². The van der Waals surface area contributed by atoms with Crippen molar-refractivity contribution in [3.63, 3.8) is 0 Å². The third kappa shape index (κ3) is 1.81. The van der Waals surface area contributed by atoms with Crippen molar-refractivity contribution in [2.45, 2.75) is 6.92 Å². The molecule has 1 heterocycles.